The highest BCUT2D eigenvalue weighted by Gasteiger charge is 2.25. The van der Waals surface area contributed by atoms with Crippen LogP contribution in [0.15, 0.2) is 42.5 Å². The van der Waals surface area contributed by atoms with E-state index in [0.717, 1.165) is 13.2 Å². The van der Waals surface area contributed by atoms with Crippen LogP contribution in [0.4, 0.5) is 0 Å². The van der Waals surface area contributed by atoms with Gasteiger partial charge in [-0.1, -0.05) is 36.4 Å². The molecule has 1 fully saturated rings. The third kappa shape index (κ3) is 3.67. The summed E-state index contributed by atoms with van der Waals surface area (Å²) in [6.45, 7) is 4.32. The molecule has 3 rings (SSSR count). The number of hydrogen-bond acceptors (Lipinski definition) is 3. The monoisotopic (exact) mass is 299 g/mol. The first-order valence-corrected chi connectivity index (χ1v) is 8.18. The molecule has 0 N–H and O–H groups in total. The molecule has 1 aliphatic heterocycles. The Kier molecular flexibility index (Phi) is 5.43. The van der Waals surface area contributed by atoms with Gasteiger partial charge in [0.2, 0.25) is 0 Å². The van der Waals surface area contributed by atoms with Crippen LogP contribution >= 0.6 is 0 Å². The van der Waals surface area contributed by atoms with E-state index in [0.29, 0.717) is 19.3 Å². The molecule has 2 aromatic carbocycles. The second-order valence-corrected chi connectivity index (χ2v) is 5.91. The van der Waals surface area contributed by atoms with Crippen molar-refractivity contribution in [1.82, 2.24) is 4.90 Å². The lowest BCUT2D eigenvalue weighted by Crippen LogP contribution is -2.27. The fraction of sp³-hybridized carbons (Fsp3) is 0.474. The lowest BCUT2D eigenvalue weighted by atomic mass is 10.0. The molecule has 0 aliphatic carbocycles. The number of benzene rings is 2. The number of nitrogens with zero attached hydrogens (tertiary/aromatic N) is 1. The smallest absolute Gasteiger partial charge is 0.0700 e. The topological polar surface area (TPSA) is 21.7 Å². The number of ether oxygens (including phenoxy) is 2. The van der Waals surface area contributed by atoms with Crippen LogP contribution in [0, 0.1) is 0 Å². The molecule has 1 saturated heterocycles. The van der Waals surface area contributed by atoms with E-state index in [9.17, 15) is 0 Å². The summed E-state index contributed by atoms with van der Waals surface area (Å²) in [4.78, 5) is 2.55. The second kappa shape index (κ2) is 7.73. The molecule has 3 heteroatoms. The van der Waals surface area contributed by atoms with Gasteiger partial charge in [-0.05, 0) is 41.8 Å². The fourth-order valence-corrected chi connectivity index (χ4v) is 3.31. The van der Waals surface area contributed by atoms with E-state index in [4.69, 9.17) is 9.47 Å². The Hall–Kier alpha value is -1.42. The summed E-state index contributed by atoms with van der Waals surface area (Å²) in [7, 11) is 1.71. The average molecular weight is 299 g/mol. The van der Waals surface area contributed by atoms with Crippen LogP contribution in [0.3, 0.4) is 0 Å². The zero-order valence-corrected chi connectivity index (χ0v) is 13.3. The summed E-state index contributed by atoms with van der Waals surface area (Å²) in [5, 5.41) is 2.65. The van der Waals surface area contributed by atoms with Crippen molar-refractivity contribution in [2.45, 2.75) is 18.9 Å². The Morgan fingerprint density at radius 3 is 2.77 bits per heavy atom. The van der Waals surface area contributed by atoms with Gasteiger partial charge in [0.15, 0.2) is 0 Å². The van der Waals surface area contributed by atoms with Crippen LogP contribution in [0.5, 0.6) is 0 Å². The van der Waals surface area contributed by atoms with Crippen LogP contribution in [-0.2, 0) is 9.47 Å². The maximum atomic E-state index is 5.62. The largest absolute Gasteiger partial charge is 0.382 e. The number of likely N-dealkylation sites (tertiary alicyclic amines) is 1. The highest BCUT2D eigenvalue weighted by molar-refractivity contribution is 5.83. The van der Waals surface area contributed by atoms with Crippen LogP contribution in [0.1, 0.15) is 24.4 Å². The predicted molar refractivity (Wildman–Crippen MR) is 90.2 cm³/mol. The molecule has 1 aliphatic rings. The molecule has 0 radical (unpaired) electrons. The van der Waals surface area contributed by atoms with Gasteiger partial charge in [0, 0.05) is 19.7 Å². The molecular weight excluding hydrogens is 274 g/mol. The van der Waals surface area contributed by atoms with Crippen molar-refractivity contribution in [3.8, 4) is 0 Å². The zero-order chi connectivity index (χ0) is 15.2. The minimum atomic E-state index is 0.538. The summed E-state index contributed by atoms with van der Waals surface area (Å²) in [5.74, 6) is 0. The number of hydrogen-bond donors (Lipinski definition) is 0. The van der Waals surface area contributed by atoms with Gasteiger partial charge < -0.3 is 9.47 Å². The third-order valence-corrected chi connectivity index (χ3v) is 4.48. The van der Waals surface area contributed by atoms with Gasteiger partial charge in [-0.3, -0.25) is 4.90 Å². The molecule has 118 valence electrons. The van der Waals surface area contributed by atoms with E-state index in [1.807, 2.05) is 0 Å². The molecule has 3 nitrogen and oxygen atoms in total. The van der Waals surface area contributed by atoms with E-state index in [2.05, 4.69) is 47.4 Å². The molecule has 1 atom stereocenters. The van der Waals surface area contributed by atoms with Crippen molar-refractivity contribution in [3.05, 3.63) is 48.0 Å². The van der Waals surface area contributed by atoms with Gasteiger partial charge >= 0.3 is 0 Å². The first-order valence-electron chi connectivity index (χ1n) is 8.18. The molecule has 0 bridgehead atoms. The quantitative estimate of drug-likeness (QED) is 0.729. The van der Waals surface area contributed by atoms with Crippen LogP contribution < -0.4 is 0 Å². The van der Waals surface area contributed by atoms with Crippen molar-refractivity contribution in [1.29, 1.82) is 0 Å². The molecule has 0 spiro atoms. The van der Waals surface area contributed by atoms with Crippen LogP contribution in [-0.4, -0.2) is 44.9 Å². The maximum Gasteiger partial charge on any atom is 0.0700 e. The minimum Gasteiger partial charge on any atom is -0.382 e. The van der Waals surface area contributed by atoms with Crippen molar-refractivity contribution < 1.29 is 9.47 Å². The first-order chi connectivity index (χ1) is 10.9. The normalized spacial score (nSPS) is 19.0. The molecule has 1 heterocycles. The average Bonchev–Trinajstić information content (AvgIpc) is 3.03. The van der Waals surface area contributed by atoms with Crippen molar-refractivity contribution >= 4 is 10.8 Å². The Labute approximate surface area is 132 Å². The van der Waals surface area contributed by atoms with Crippen LogP contribution in [0.2, 0.25) is 0 Å². The molecule has 0 amide bonds. The van der Waals surface area contributed by atoms with Gasteiger partial charge in [-0.25, -0.2) is 0 Å². The van der Waals surface area contributed by atoms with Gasteiger partial charge in [-0.2, -0.15) is 0 Å². The lowest BCUT2D eigenvalue weighted by Gasteiger charge is -2.25. The standard InChI is InChI=1S/C19H25NO2/c1-21-13-14-22-12-11-20-10-4-7-19(20)18-9-8-16-5-2-3-6-17(16)15-18/h2-3,5-6,8-9,15,19H,4,7,10-14H2,1H3. The van der Waals surface area contributed by atoms with E-state index in [1.54, 1.807) is 7.11 Å². The van der Waals surface area contributed by atoms with Gasteiger partial charge in [0.25, 0.3) is 0 Å². The van der Waals surface area contributed by atoms with E-state index >= 15 is 0 Å². The Morgan fingerprint density at radius 1 is 1.05 bits per heavy atom. The molecule has 22 heavy (non-hydrogen) atoms. The van der Waals surface area contributed by atoms with E-state index < -0.39 is 0 Å². The van der Waals surface area contributed by atoms with Crippen molar-refractivity contribution in [2.24, 2.45) is 0 Å². The number of rotatable bonds is 7. The minimum absolute atomic E-state index is 0.538. The van der Waals surface area contributed by atoms with E-state index in [-0.39, 0.29) is 0 Å². The molecule has 1 unspecified atom stereocenters. The van der Waals surface area contributed by atoms with Crippen LogP contribution in [0.25, 0.3) is 10.8 Å². The highest BCUT2D eigenvalue weighted by Crippen LogP contribution is 2.33. The summed E-state index contributed by atoms with van der Waals surface area (Å²) < 4.78 is 10.6. The fourth-order valence-electron chi connectivity index (χ4n) is 3.31. The van der Waals surface area contributed by atoms with Crippen molar-refractivity contribution in [2.75, 3.05) is 40.0 Å². The van der Waals surface area contributed by atoms with Gasteiger partial charge in [0.1, 0.15) is 0 Å². The first kappa shape index (κ1) is 15.5. The molecule has 2 aromatic rings. The van der Waals surface area contributed by atoms with Gasteiger partial charge in [0.05, 0.1) is 19.8 Å². The second-order valence-electron chi connectivity index (χ2n) is 5.91. The Balaban J connectivity index is 1.63. The molecule has 0 saturated carbocycles. The van der Waals surface area contributed by atoms with E-state index in [1.165, 1.54) is 35.7 Å². The van der Waals surface area contributed by atoms with Gasteiger partial charge in [-0.15, -0.1) is 0 Å². The Morgan fingerprint density at radius 2 is 1.91 bits per heavy atom. The number of methoxy groups -OCH3 is 1. The lowest BCUT2D eigenvalue weighted by molar-refractivity contribution is 0.0552. The van der Waals surface area contributed by atoms with Crippen molar-refractivity contribution in [3.63, 3.8) is 0 Å². The molecule has 0 aromatic heterocycles. The summed E-state index contributed by atoms with van der Waals surface area (Å²) in [6.07, 6.45) is 2.52. The number of fused-ring (bicyclic) bond motifs is 1. The third-order valence-electron chi connectivity index (χ3n) is 4.48. The highest BCUT2D eigenvalue weighted by atomic mass is 16.5. The predicted octanol–water partition coefficient (Wildman–Crippen LogP) is 3.64. The maximum absolute atomic E-state index is 5.62. The summed E-state index contributed by atoms with van der Waals surface area (Å²) >= 11 is 0. The summed E-state index contributed by atoms with van der Waals surface area (Å²) in [6, 6.07) is 16.0. The Bertz CT molecular complexity index is 599. The zero-order valence-electron chi connectivity index (χ0n) is 13.3. The SMILES string of the molecule is COCCOCCN1CCCC1c1ccc2ccccc2c1. The summed E-state index contributed by atoms with van der Waals surface area (Å²) in [5.41, 5.74) is 1.44. The molecular formula is C19H25NO2.